The van der Waals surface area contributed by atoms with Gasteiger partial charge in [-0.1, -0.05) is 30.2 Å². The molecule has 1 aliphatic rings. The first-order chi connectivity index (χ1) is 17.1. The second kappa shape index (κ2) is 10.6. The molecule has 1 aromatic heterocycles. The summed E-state index contributed by atoms with van der Waals surface area (Å²) in [6.45, 7) is 0.943. The van der Waals surface area contributed by atoms with Crippen molar-refractivity contribution in [2.75, 3.05) is 18.4 Å². The van der Waals surface area contributed by atoms with Gasteiger partial charge in [-0.3, -0.25) is 4.79 Å². The molecule has 9 nitrogen and oxygen atoms in total. The highest BCUT2D eigenvalue weighted by atomic mass is 35.5. The van der Waals surface area contributed by atoms with Crippen LogP contribution in [0.4, 0.5) is 10.1 Å². The average molecular weight is 553 g/mol. The quantitative estimate of drug-likeness (QED) is 0.443. The number of hydrogen-bond donors (Lipinski definition) is 1. The van der Waals surface area contributed by atoms with E-state index in [1.54, 1.807) is 0 Å². The van der Waals surface area contributed by atoms with Crippen LogP contribution in [0.1, 0.15) is 35.3 Å². The summed E-state index contributed by atoms with van der Waals surface area (Å²) >= 11 is 6.05. The SMILES string of the molecule is O=C(Nc1ccc(S(=O)(=O)N2CCCCC2)cc1)c1nc(S(=O)(=O)Cc2ccc(F)cc2)ncc1Cl. The van der Waals surface area contributed by atoms with Crippen molar-refractivity contribution in [3.05, 3.63) is 76.8 Å². The van der Waals surface area contributed by atoms with Crippen LogP contribution in [-0.4, -0.2) is 50.1 Å². The van der Waals surface area contributed by atoms with Crippen molar-refractivity contribution < 1.29 is 26.0 Å². The Morgan fingerprint density at radius 2 is 1.61 bits per heavy atom. The largest absolute Gasteiger partial charge is 0.321 e. The van der Waals surface area contributed by atoms with Gasteiger partial charge in [0.1, 0.15) is 5.82 Å². The molecule has 1 aliphatic heterocycles. The molecule has 36 heavy (non-hydrogen) atoms. The lowest BCUT2D eigenvalue weighted by Crippen LogP contribution is -2.35. The van der Waals surface area contributed by atoms with Crippen LogP contribution in [0.15, 0.2) is 64.8 Å². The molecule has 2 heterocycles. The lowest BCUT2D eigenvalue weighted by atomic mass is 10.2. The molecule has 13 heteroatoms. The third-order valence-corrected chi connectivity index (χ3v) is 9.21. The lowest BCUT2D eigenvalue weighted by Gasteiger charge is -2.25. The monoisotopic (exact) mass is 552 g/mol. The van der Waals surface area contributed by atoms with Crippen LogP contribution in [0, 0.1) is 5.82 Å². The van der Waals surface area contributed by atoms with E-state index < -0.39 is 42.5 Å². The Hall–Kier alpha value is -2.93. The van der Waals surface area contributed by atoms with Crippen molar-refractivity contribution >= 4 is 43.1 Å². The maximum atomic E-state index is 13.1. The van der Waals surface area contributed by atoms with Crippen LogP contribution < -0.4 is 5.32 Å². The fourth-order valence-electron chi connectivity index (χ4n) is 3.68. The topological polar surface area (TPSA) is 126 Å². The minimum atomic E-state index is -4.06. The second-order valence-corrected chi connectivity index (χ2v) is 12.4. The molecule has 0 unspecified atom stereocenters. The van der Waals surface area contributed by atoms with E-state index in [4.69, 9.17) is 11.6 Å². The van der Waals surface area contributed by atoms with E-state index in [9.17, 15) is 26.0 Å². The Morgan fingerprint density at radius 3 is 2.25 bits per heavy atom. The zero-order valence-corrected chi connectivity index (χ0v) is 21.3. The molecule has 0 bridgehead atoms. The van der Waals surface area contributed by atoms with E-state index >= 15 is 0 Å². The number of sulfone groups is 1. The highest BCUT2D eigenvalue weighted by molar-refractivity contribution is 7.90. The molecule has 1 fully saturated rings. The number of benzene rings is 2. The Morgan fingerprint density at radius 1 is 0.972 bits per heavy atom. The van der Waals surface area contributed by atoms with Crippen molar-refractivity contribution in [3.8, 4) is 0 Å². The molecule has 1 amide bonds. The molecular formula is C23H22ClFN4O5S2. The van der Waals surface area contributed by atoms with Crippen molar-refractivity contribution in [2.24, 2.45) is 0 Å². The molecule has 0 spiro atoms. The van der Waals surface area contributed by atoms with Crippen LogP contribution in [0.2, 0.25) is 5.02 Å². The number of sulfonamides is 1. The van der Waals surface area contributed by atoms with E-state index in [-0.39, 0.29) is 21.3 Å². The first-order valence-corrected chi connectivity index (χ1v) is 14.4. The molecule has 0 saturated carbocycles. The van der Waals surface area contributed by atoms with Gasteiger partial charge in [0, 0.05) is 18.8 Å². The van der Waals surface area contributed by atoms with E-state index in [1.807, 2.05) is 0 Å². The van der Waals surface area contributed by atoms with Gasteiger partial charge in [-0.15, -0.1) is 0 Å². The van der Waals surface area contributed by atoms with Crippen LogP contribution in [0.25, 0.3) is 0 Å². The number of nitrogens with zero attached hydrogens (tertiary/aromatic N) is 3. The minimum Gasteiger partial charge on any atom is -0.321 e. The molecule has 1 N–H and O–H groups in total. The number of nitrogens with one attached hydrogen (secondary N) is 1. The van der Waals surface area contributed by atoms with Crippen molar-refractivity contribution in [2.45, 2.75) is 35.1 Å². The number of halogens is 2. The molecule has 0 atom stereocenters. The summed E-state index contributed by atoms with van der Waals surface area (Å²) in [6.07, 6.45) is 3.64. The molecule has 190 valence electrons. The first-order valence-electron chi connectivity index (χ1n) is 11.0. The van der Waals surface area contributed by atoms with Gasteiger partial charge in [-0.2, -0.15) is 4.31 Å². The van der Waals surface area contributed by atoms with Gasteiger partial charge in [-0.05, 0) is 54.8 Å². The number of carbonyl (C=O) groups is 1. The van der Waals surface area contributed by atoms with Crippen molar-refractivity contribution in [1.29, 1.82) is 0 Å². The number of rotatable bonds is 7. The smallest absolute Gasteiger partial charge is 0.275 e. The highest BCUT2D eigenvalue weighted by Gasteiger charge is 2.26. The number of piperidine rings is 1. The summed E-state index contributed by atoms with van der Waals surface area (Å²) in [7, 11) is -7.68. The number of aromatic nitrogens is 2. The maximum Gasteiger partial charge on any atom is 0.275 e. The summed E-state index contributed by atoms with van der Waals surface area (Å²) in [4.78, 5) is 20.5. The molecule has 3 aromatic rings. The van der Waals surface area contributed by atoms with Crippen LogP contribution >= 0.6 is 11.6 Å². The zero-order valence-electron chi connectivity index (χ0n) is 18.9. The van der Waals surface area contributed by atoms with Crippen molar-refractivity contribution in [1.82, 2.24) is 14.3 Å². The summed E-state index contributed by atoms with van der Waals surface area (Å²) in [5.41, 5.74) is 0.220. The fraction of sp³-hybridized carbons (Fsp3) is 0.261. The third-order valence-electron chi connectivity index (χ3n) is 5.55. The van der Waals surface area contributed by atoms with Gasteiger partial charge in [0.05, 0.1) is 21.9 Å². The fourth-order valence-corrected chi connectivity index (χ4v) is 6.58. The summed E-state index contributed by atoms with van der Waals surface area (Å²) in [5.74, 6) is -1.80. The zero-order chi connectivity index (χ0) is 25.9. The van der Waals surface area contributed by atoms with Gasteiger partial charge < -0.3 is 5.32 Å². The predicted octanol–water partition coefficient (Wildman–Crippen LogP) is 3.67. The summed E-state index contributed by atoms with van der Waals surface area (Å²) in [5, 5.41) is 1.76. The standard InChI is InChI=1S/C23H22ClFN4O5S2/c24-20-14-26-23(35(31,32)15-16-4-6-17(25)7-5-16)28-21(20)22(30)27-18-8-10-19(11-9-18)36(33,34)29-12-2-1-3-13-29/h4-11,14H,1-3,12-13,15H2,(H,27,30). The normalized spacial score (nSPS) is 14.9. The van der Waals surface area contributed by atoms with E-state index in [1.165, 1.54) is 40.7 Å². The van der Waals surface area contributed by atoms with Crippen molar-refractivity contribution in [3.63, 3.8) is 0 Å². The number of carbonyl (C=O) groups excluding carboxylic acids is 1. The minimum absolute atomic E-state index is 0.108. The Bertz CT molecular complexity index is 1480. The van der Waals surface area contributed by atoms with Crippen LogP contribution in [0.5, 0.6) is 0 Å². The lowest BCUT2D eigenvalue weighted by molar-refractivity contribution is 0.102. The predicted molar refractivity (Wildman–Crippen MR) is 131 cm³/mol. The molecular weight excluding hydrogens is 531 g/mol. The number of amides is 1. The van der Waals surface area contributed by atoms with Crippen LogP contribution in [0.3, 0.4) is 0 Å². The third kappa shape index (κ3) is 5.89. The molecule has 2 aromatic carbocycles. The molecule has 0 aliphatic carbocycles. The first kappa shape index (κ1) is 26.1. The van der Waals surface area contributed by atoms with Gasteiger partial charge >= 0.3 is 0 Å². The number of anilines is 1. The summed E-state index contributed by atoms with van der Waals surface area (Å²) in [6, 6.07) is 10.5. The average Bonchev–Trinajstić information content (AvgIpc) is 2.86. The maximum absolute atomic E-state index is 13.1. The highest BCUT2D eigenvalue weighted by Crippen LogP contribution is 2.23. The number of hydrogen-bond acceptors (Lipinski definition) is 7. The molecule has 1 saturated heterocycles. The molecule has 0 radical (unpaired) electrons. The summed E-state index contributed by atoms with van der Waals surface area (Å²) < 4.78 is 65.6. The van der Waals surface area contributed by atoms with E-state index in [0.29, 0.717) is 18.7 Å². The van der Waals surface area contributed by atoms with E-state index in [0.717, 1.165) is 37.6 Å². The van der Waals surface area contributed by atoms with Gasteiger partial charge in [0.25, 0.3) is 5.91 Å². The second-order valence-electron chi connectivity index (χ2n) is 8.18. The Kier molecular flexibility index (Phi) is 7.69. The molecule has 4 rings (SSSR count). The van der Waals surface area contributed by atoms with Gasteiger partial charge in [0.15, 0.2) is 5.69 Å². The van der Waals surface area contributed by atoms with Crippen LogP contribution in [-0.2, 0) is 25.6 Å². The van der Waals surface area contributed by atoms with Gasteiger partial charge in [-0.25, -0.2) is 31.2 Å². The van der Waals surface area contributed by atoms with Gasteiger partial charge in [0.2, 0.25) is 25.0 Å². The van der Waals surface area contributed by atoms with E-state index in [2.05, 4.69) is 15.3 Å². The Balaban J connectivity index is 1.50. The Labute approximate surface area is 213 Å².